The predicted molar refractivity (Wildman–Crippen MR) is 77.2 cm³/mol. The van der Waals surface area contributed by atoms with Gasteiger partial charge in [0, 0.05) is 19.1 Å². The smallest absolute Gasteiger partial charge is 0.169 e. The number of nitrogens with one attached hydrogen (secondary N) is 1. The van der Waals surface area contributed by atoms with Crippen molar-refractivity contribution in [2.75, 3.05) is 13.1 Å². The molecule has 0 aromatic heterocycles. The zero-order chi connectivity index (χ0) is 12.1. The molecule has 3 heteroatoms. The molecule has 17 heavy (non-hydrogen) atoms. The van der Waals surface area contributed by atoms with Crippen molar-refractivity contribution in [2.24, 2.45) is 5.92 Å². The summed E-state index contributed by atoms with van der Waals surface area (Å²) in [6.45, 7) is 4.64. The zero-order valence-electron chi connectivity index (χ0n) is 11.1. The summed E-state index contributed by atoms with van der Waals surface area (Å²) in [4.78, 5) is 2.41. The van der Waals surface area contributed by atoms with E-state index in [0.717, 1.165) is 24.1 Å². The van der Waals surface area contributed by atoms with Gasteiger partial charge in [0.15, 0.2) is 5.11 Å². The maximum absolute atomic E-state index is 5.56. The lowest BCUT2D eigenvalue weighted by Gasteiger charge is -2.26. The Labute approximate surface area is 111 Å². The van der Waals surface area contributed by atoms with Gasteiger partial charge in [-0.25, -0.2) is 0 Å². The molecular formula is C14H26N2S. The topological polar surface area (TPSA) is 15.3 Å². The van der Waals surface area contributed by atoms with Crippen LogP contribution in [0.2, 0.25) is 0 Å². The lowest BCUT2D eigenvalue weighted by atomic mass is 9.98. The fraction of sp³-hybridized carbons (Fsp3) is 0.929. The van der Waals surface area contributed by atoms with Gasteiger partial charge in [-0.15, -0.1) is 0 Å². The number of hydrogen-bond donors (Lipinski definition) is 1. The van der Waals surface area contributed by atoms with Crippen LogP contribution >= 0.6 is 12.2 Å². The SMILES string of the molecule is CCC1CCCN(C(=S)NC2CCCC2)CC1. The minimum Gasteiger partial charge on any atom is -0.360 e. The molecule has 98 valence electrons. The normalized spacial score (nSPS) is 26.9. The summed E-state index contributed by atoms with van der Waals surface area (Å²) in [7, 11) is 0. The van der Waals surface area contributed by atoms with Gasteiger partial charge in [-0.3, -0.25) is 0 Å². The number of likely N-dealkylation sites (tertiary alicyclic amines) is 1. The van der Waals surface area contributed by atoms with Gasteiger partial charge in [-0.05, 0) is 50.2 Å². The zero-order valence-corrected chi connectivity index (χ0v) is 11.9. The summed E-state index contributed by atoms with van der Waals surface area (Å²) in [6, 6.07) is 0.660. The van der Waals surface area contributed by atoms with Crippen molar-refractivity contribution in [3.8, 4) is 0 Å². The van der Waals surface area contributed by atoms with Gasteiger partial charge in [-0.2, -0.15) is 0 Å². The fourth-order valence-electron chi connectivity index (χ4n) is 3.11. The van der Waals surface area contributed by atoms with Crippen LogP contribution in [0.4, 0.5) is 0 Å². The number of nitrogens with zero attached hydrogens (tertiary/aromatic N) is 1. The average Bonchev–Trinajstić information content (AvgIpc) is 2.71. The van der Waals surface area contributed by atoms with E-state index >= 15 is 0 Å². The van der Waals surface area contributed by atoms with E-state index in [1.165, 1.54) is 51.4 Å². The lowest BCUT2D eigenvalue weighted by Crippen LogP contribution is -2.44. The third kappa shape index (κ3) is 3.84. The van der Waals surface area contributed by atoms with E-state index in [1.54, 1.807) is 0 Å². The largest absolute Gasteiger partial charge is 0.360 e. The van der Waals surface area contributed by atoms with Gasteiger partial charge in [-0.1, -0.05) is 26.2 Å². The molecule has 1 atom stereocenters. The van der Waals surface area contributed by atoms with Crippen LogP contribution in [0, 0.1) is 5.92 Å². The van der Waals surface area contributed by atoms with Crippen molar-refractivity contribution >= 4 is 17.3 Å². The molecule has 1 heterocycles. The van der Waals surface area contributed by atoms with E-state index in [9.17, 15) is 0 Å². The standard InChI is InChI=1S/C14H26N2S/c1-2-12-6-5-10-16(11-9-12)14(17)15-13-7-3-4-8-13/h12-13H,2-11H2,1H3,(H,15,17). The molecule has 1 aliphatic carbocycles. The Hall–Kier alpha value is -0.310. The molecule has 1 aliphatic heterocycles. The van der Waals surface area contributed by atoms with Gasteiger partial charge in [0.25, 0.3) is 0 Å². The minimum absolute atomic E-state index is 0.660. The molecule has 1 unspecified atom stereocenters. The third-order valence-corrected chi connectivity index (χ3v) is 4.77. The van der Waals surface area contributed by atoms with Gasteiger partial charge in [0.1, 0.15) is 0 Å². The molecule has 0 amide bonds. The molecule has 1 N–H and O–H groups in total. The van der Waals surface area contributed by atoms with E-state index in [-0.39, 0.29) is 0 Å². The van der Waals surface area contributed by atoms with Crippen molar-refractivity contribution in [3.63, 3.8) is 0 Å². The second-order valence-corrected chi connectivity index (χ2v) is 6.01. The third-order valence-electron chi connectivity index (χ3n) is 4.40. The Morgan fingerprint density at radius 2 is 1.88 bits per heavy atom. The number of hydrogen-bond acceptors (Lipinski definition) is 1. The quantitative estimate of drug-likeness (QED) is 0.761. The molecule has 0 bridgehead atoms. The van der Waals surface area contributed by atoms with Crippen molar-refractivity contribution in [1.29, 1.82) is 0 Å². The molecule has 0 aromatic carbocycles. The van der Waals surface area contributed by atoms with Crippen LogP contribution < -0.4 is 5.32 Å². The molecule has 1 saturated heterocycles. The highest BCUT2D eigenvalue weighted by Crippen LogP contribution is 2.21. The monoisotopic (exact) mass is 254 g/mol. The van der Waals surface area contributed by atoms with E-state index in [4.69, 9.17) is 12.2 Å². The van der Waals surface area contributed by atoms with Crippen molar-refractivity contribution in [3.05, 3.63) is 0 Å². The highest BCUT2D eigenvalue weighted by molar-refractivity contribution is 7.80. The minimum atomic E-state index is 0.660. The Morgan fingerprint density at radius 1 is 1.12 bits per heavy atom. The first-order valence-electron chi connectivity index (χ1n) is 7.35. The predicted octanol–water partition coefficient (Wildman–Crippen LogP) is 3.32. The van der Waals surface area contributed by atoms with E-state index in [0.29, 0.717) is 6.04 Å². The summed E-state index contributed by atoms with van der Waals surface area (Å²) in [5.41, 5.74) is 0. The van der Waals surface area contributed by atoms with Crippen molar-refractivity contribution < 1.29 is 0 Å². The Balaban J connectivity index is 1.78. The molecule has 2 fully saturated rings. The van der Waals surface area contributed by atoms with Crippen LogP contribution in [-0.4, -0.2) is 29.1 Å². The molecular weight excluding hydrogens is 228 g/mol. The van der Waals surface area contributed by atoms with Gasteiger partial charge >= 0.3 is 0 Å². The van der Waals surface area contributed by atoms with E-state index in [2.05, 4.69) is 17.1 Å². The van der Waals surface area contributed by atoms with E-state index in [1.807, 2.05) is 0 Å². The van der Waals surface area contributed by atoms with Crippen LogP contribution in [0.1, 0.15) is 58.3 Å². The number of thiocarbonyl (C=S) groups is 1. The van der Waals surface area contributed by atoms with Crippen LogP contribution in [-0.2, 0) is 0 Å². The maximum Gasteiger partial charge on any atom is 0.169 e. The Bertz CT molecular complexity index is 249. The summed E-state index contributed by atoms with van der Waals surface area (Å²) >= 11 is 5.56. The van der Waals surface area contributed by atoms with Crippen LogP contribution in [0.3, 0.4) is 0 Å². The van der Waals surface area contributed by atoms with Crippen molar-refractivity contribution in [1.82, 2.24) is 10.2 Å². The lowest BCUT2D eigenvalue weighted by molar-refractivity contribution is 0.400. The summed E-state index contributed by atoms with van der Waals surface area (Å²) in [5.74, 6) is 0.925. The van der Waals surface area contributed by atoms with E-state index < -0.39 is 0 Å². The molecule has 0 radical (unpaired) electrons. The van der Waals surface area contributed by atoms with Crippen molar-refractivity contribution in [2.45, 2.75) is 64.3 Å². The first-order valence-corrected chi connectivity index (χ1v) is 7.76. The van der Waals surface area contributed by atoms with Gasteiger partial charge < -0.3 is 10.2 Å². The highest BCUT2D eigenvalue weighted by Gasteiger charge is 2.21. The Kier molecular flexibility index (Phi) is 5.08. The summed E-state index contributed by atoms with van der Waals surface area (Å²) < 4.78 is 0. The average molecular weight is 254 g/mol. The first kappa shape index (κ1) is 13.1. The van der Waals surface area contributed by atoms with Crippen LogP contribution in [0.5, 0.6) is 0 Å². The second-order valence-electron chi connectivity index (χ2n) is 5.62. The molecule has 0 spiro atoms. The fourth-order valence-corrected chi connectivity index (χ4v) is 3.46. The Morgan fingerprint density at radius 3 is 2.59 bits per heavy atom. The summed E-state index contributed by atoms with van der Waals surface area (Å²) in [6.07, 6.45) is 10.7. The van der Waals surface area contributed by atoms with Crippen LogP contribution in [0.15, 0.2) is 0 Å². The maximum atomic E-state index is 5.56. The molecule has 1 saturated carbocycles. The summed E-state index contributed by atoms with van der Waals surface area (Å²) in [5, 5.41) is 4.59. The van der Waals surface area contributed by atoms with Crippen LogP contribution in [0.25, 0.3) is 0 Å². The number of rotatable bonds is 2. The highest BCUT2D eigenvalue weighted by atomic mass is 32.1. The molecule has 2 nitrogen and oxygen atoms in total. The molecule has 2 rings (SSSR count). The molecule has 0 aromatic rings. The molecule has 2 aliphatic rings. The van der Waals surface area contributed by atoms with Gasteiger partial charge in [0.2, 0.25) is 0 Å². The first-order chi connectivity index (χ1) is 8.29. The second kappa shape index (κ2) is 6.58. The van der Waals surface area contributed by atoms with Gasteiger partial charge in [0.05, 0.1) is 0 Å².